The van der Waals surface area contributed by atoms with E-state index < -0.39 is 10.0 Å². The monoisotopic (exact) mass is 466 g/mol. The third-order valence-corrected chi connectivity index (χ3v) is 7.38. The average Bonchev–Trinajstić information content (AvgIpc) is 3.41. The van der Waals surface area contributed by atoms with Crippen LogP contribution in [0.4, 0.5) is 5.13 Å². The molecule has 5 aromatic rings. The van der Waals surface area contributed by atoms with E-state index >= 15 is 0 Å². The lowest BCUT2D eigenvalue weighted by molar-refractivity contribution is 0.102. The highest BCUT2D eigenvalue weighted by atomic mass is 32.2. The molecule has 3 heterocycles. The van der Waals surface area contributed by atoms with Crippen LogP contribution in [0.2, 0.25) is 0 Å². The van der Waals surface area contributed by atoms with Crippen LogP contribution in [-0.4, -0.2) is 24.3 Å². The van der Waals surface area contributed by atoms with Crippen LogP contribution in [-0.2, 0) is 10.0 Å². The molecule has 0 aliphatic carbocycles. The van der Waals surface area contributed by atoms with Gasteiger partial charge in [0.2, 0.25) is 10.0 Å². The SMILES string of the molecule is NS(=O)(=O)c1ccc2nc(NC(=O)c3cc(-c4cccs4)nc4ccccc34)sc2c1. The number of thiophene rings is 1. The summed E-state index contributed by atoms with van der Waals surface area (Å²) in [5.74, 6) is -0.317. The fraction of sp³-hybridized carbons (Fsp3) is 0. The molecule has 0 aliphatic heterocycles. The molecule has 31 heavy (non-hydrogen) atoms. The van der Waals surface area contributed by atoms with Gasteiger partial charge in [-0.25, -0.2) is 23.5 Å². The van der Waals surface area contributed by atoms with Gasteiger partial charge < -0.3 is 0 Å². The highest BCUT2D eigenvalue weighted by molar-refractivity contribution is 7.89. The maximum Gasteiger partial charge on any atom is 0.258 e. The number of pyridine rings is 1. The van der Waals surface area contributed by atoms with Crippen molar-refractivity contribution < 1.29 is 13.2 Å². The van der Waals surface area contributed by atoms with Crippen molar-refractivity contribution in [3.63, 3.8) is 0 Å². The minimum absolute atomic E-state index is 0.00208. The van der Waals surface area contributed by atoms with Gasteiger partial charge in [-0.2, -0.15) is 0 Å². The number of amides is 1. The van der Waals surface area contributed by atoms with Crippen LogP contribution in [0.3, 0.4) is 0 Å². The minimum atomic E-state index is -3.82. The van der Waals surface area contributed by atoms with Gasteiger partial charge >= 0.3 is 0 Å². The topological polar surface area (TPSA) is 115 Å². The fourth-order valence-electron chi connectivity index (χ4n) is 3.21. The Hall–Kier alpha value is -3.18. The number of carbonyl (C=O) groups is 1. The summed E-state index contributed by atoms with van der Waals surface area (Å²) in [6.07, 6.45) is 0. The summed E-state index contributed by atoms with van der Waals surface area (Å²) in [4.78, 5) is 23.2. The van der Waals surface area contributed by atoms with E-state index in [0.717, 1.165) is 21.5 Å². The van der Waals surface area contributed by atoms with E-state index in [9.17, 15) is 13.2 Å². The first-order chi connectivity index (χ1) is 14.9. The third kappa shape index (κ3) is 3.81. The molecular formula is C21H14N4O3S3. The molecule has 0 unspecified atom stereocenters. The van der Waals surface area contributed by atoms with E-state index in [1.54, 1.807) is 23.5 Å². The predicted molar refractivity (Wildman–Crippen MR) is 124 cm³/mol. The van der Waals surface area contributed by atoms with E-state index in [4.69, 9.17) is 5.14 Å². The summed E-state index contributed by atoms with van der Waals surface area (Å²) >= 11 is 2.73. The molecule has 5 rings (SSSR count). The highest BCUT2D eigenvalue weighted by Gasteiger charge is 2.17. The van der Waals surface area contributed by atoms with Crippen molar-refractivity contribution in [2.24, 2.45) is 5.14 Å². The number of primary sulfonamides is 1. The first-order valence-corrected chi connectivity index (χ1v) is 12.3. The number of fused-ring (bicyclic) bond motifs is 2. The molecule has 0 aliphatic rings. The zero-order valence-corrected chi connectivity index (χ0v) is 18.2. The number of anilines is 1. The Morgan fingerprint density at radius 1 is 0.968 bits per heavy atom. The number of sulfonamides is 1. The number of hydrogen-bond donors (Lipinski definition) is 2. The molecule has 0 saturated carbocycles. The van der Waals surface area contributed by atoms with Crippen LogP contribution >= 0.6 is 22.7 Å². The maximum absolute atomic E-state index is 13.2. The van der Waals surface area contributed by atoms with Crippen LogP contribution in [0.1, 0.15) is 10.4 Å². The predicted octanol–water partition coefficient (Wildman–Crippen LogP) is 4.47. The molecule has 0 fully saturated rings. The van der Waals surface area contributed by atoms with Crippen LogP contribution in [0.25, 0.3) is 31.7 Å². The molecule has 154 valence electrons. The number of aromatic nitrogens is 2. The van der Waals surface area contributed by atoms with Gasteiger partial charge in [0, 0.05) is 5.39 Å². The van der Waals surface area contributed by atoms with Crippen LogP contribution in [0, 0.1) is 0 Å². The number of thiazole rings is 1. The van der Waals surface area contributed by atoms with Crippen molar-refractivity contribution in [3.8, 4) is 10.6 Å². The van der Waals surface area contributed by atoms with Gasteiger partial charge in [-0.1, -0.05) is 35.6 Å². The smallest absolute Gasteiger partial charge is 0.258 e. The number of para-hydroxylation sites is 1. The van der Waals surface area contributed by atoms with E-state index in [1.165, 1.54) is 23.5 Å². The third-order valence-electron chi connectivity index (χ3n) is 4.64. The molecule has 0 radical (unpaired) electrons. The quantitative estimate of drug-likeness (QED) is 0.405. The van der Waals surface area contributed by atoms with E-state index in [2.05, 4.69) is 15.3 Å². The Bertz CT molecular complexity index is 1560. The molecule has 3 N–H and O–H groups in total. The minimum Gasteiger partial charge on any atom is -0.298 e. The number of nitrogens with zero attached hydrogens (tertiary/aromatic N) is 2. The molecule has 3 aromatic heterocycles. The van der Waals surface area contributed by atoms with Gasteiger partial charge in [-0.05, 0) is 41.8 Å². The Kier molecular flexibility index (Phi) is 4.78. The summed E-state index contributed by atoms with van der Waals surface area (Å²) < 4.78 is 23.8. The molecule has 0 spiro atoms. The van der Waals surface area contributed by atoms with Crippen molar-refractivity contribution >= 4 is 64.9 Å². The summed E-state index contributed by atoms with van der Waals surface area (Å²) in [5, 5.41) is 11.1. The number of benzene rings is 2. The van der Waals surface area contributed by atoms with Crippen molar-refractivity contribution in [2.75, 3.05) is 5.32 Å². The largest absolute Gasteiger partial charge is 0.298 e. The van der Waals surface area contributed by atoms with Gasteiger partial charge in [0.05, 0.1) is 36.8 Å². The van der Waals surface area contributed by atoms with Gasteiger partial charge in [-0.3, -0.25) is 10.1 Å². The zero-order valence-electron chi connectivity index (χ0n) is 15.8. The molecular weight excluding hydrogens is 452 g/mol. The van der Waals surface area contributed by atoms with Crippen LogP contribution < -0.4 is 10.5 Å². The molecule has 2 aromatic carbocycles. The summed E-state index contributed by atoms with van der Waals surface area (Å²) in [6.45, 7) is 0. The number of nitrogens with two attached hydrogens (primary N) is 1. The Morgan fingerprint density at radius 2 is 1.81 bits per heavy atom. The Labute approximate surface area is 185 Å². The Morgan fingerprint density at radius 3 is 2.58 bits per heavy atom. The van der Waals surface area contributed by atoms with E-state index in [0.29, 0.717) is 20.9 Å². The lowest BCUT2D eigenvalue weighted by Crippen LogP contribution is -2.12. The normalized spacial score (nSPS) is 11.8. The van der Waals surface area contributed by atoms with Crippen LogP contribution in [0.5, 0.6) is 0 Å². The summed E-state index contributed by atoms with van der Waals surface area (Å²) in [6, 6.07) is 17.6. The molecule has 0 saturated heterocycles. The molecule has 0 atom stereocenters. The summed E-state index contributed by atoms with van der Waals surface area (Å²) in [5.41, 5.74) is 2.51. The molecule has 0 bridgehead atoms. The number of nitrogens with one attached hydrogen (secondary N) is 1. The van der Waals surface area contributed by atoms with Gasteiger partial charge in [0.25, 0.3) is 5.91 Å². The second-order valence-electron chi connectivity index (χ2n) is 6.70. The van der Waals surface area contributed by atoms with Gasteiger partial charge in [0.1, 0.15) is 0 Å². The highest BCUT2D eigenvalue weighted by Crippen LogP contribution is 2.31. The second kappa shape index (κ2) is 7.50. The van der Waals surface area contributed by atoms with Crippen molar-refractivity contribution in [3.05, 3.63) is 71.6 Å². The van der Waals surface area contributed by atoms with Crippen molar-refractivity contribution in [2.45, 2.75) is 4.90 Å². The van der Waals surface area contributed by atoms with Crippen molar-refractivity contribution in [1.82, 2.24) is 9.97 Å². The lowest BCUT2D eigenvalue weighted by Gasteiger charge is -2.08. The van der Waals surface area contributed by atoms with E-state index in [-0.39, 0.29) is 10.8 Å². The first kappa shape index (κ1) is 19.8. The number of carbonyl (C=O) groups excluding carboxylic acids is 1. The second-order valence-corrected chi connectivity index (χ2v) is 10.2. The number of rotatable bonds is 4. The molecule has 7 nitrogen and oxygen atoms in total. The Balaban J connectivity index is 1.54. The van der Waals surface area contributed by atoms with E-state index in [1.807, 2.05) is 41.8 Å². The lowest BCUT2D eigenvalue weighted by atomic mass is 10.1. The van der Waals surface area contributed by atoms with Gasteiger partial charge in [0.15, 0.2) is 5.13 Å². The maximum atomic E-state index is 13.2. The van der Waals surface area contributed by atoms with Crippen LogP contribution in [0.15, 0.2) is 70.9 Å². The number of hydrogen-bond acceptors (Lipinski definition) is 7. The first-order valence-electron chi connectivity index (χ1n) is 9.07. The summed E-state index contributed by atoms with van der Waals surface area (Å²) in [7, 11) is -3.82. The zero-order chi connectivity index (χ0) is 21.6. The fourth-order valence-corrected chi connectivity index (χ4v) is 5.41. The molecule has 1 amide bonds. The molecule has 10 heteroatoms. The average molecular weight is 467 g/mol. The van der Waals surface area contributed by atoms with Crippen molar-refractivity contribution in [1.29, 1.82) is 0 Å². The standard InChI is InChI=1S/C21H14N4O3S3/c22-31(27,28)12-7-8-16-19(10-12)30-21(24-16)25-20(26)14-11-17(18-6-3-9-29-18)23-15-5-2-1-4-13(14)15/h1-11H,(H2,22,27,28)(H,24,25,26). The van der Waals surface area contributed by atoms with Gasteiger partial charge in [-0.15, -0.1) is 11.3 Å².